The molecule has 4 heterocycles. The lowest BCUT2D eigenvalue weighted by Gasteiger charge is -2.39. The maximum Gasteiger partial charge on any atom is 0.324 e. The van der Waals surface area contributed by atoms with Gasteiger partial charge < -0.3 is 14.4 Å². The summed E-state index contributed by atoms with van der Waals surface area (Å²) in [6.07, 6.45) is 4.96. The number of aromatic nitrogens is 1. The van der Waals surface area contributed by atoms with Crippen molar-refractivity contribution < 1.29 is 14.3 Å². The Bertz CT molecular complexity index is 1160. The van der Waals surface area contributed by atoms with Crippen molar-refractivity contribution in [1.29, 1.82) is 0 Å². The molecule has 1 N–H and O–H groups in total. The first-order chi connectivity index (χ1) is 17.4. The molecule has 1 aromatic carbocycles. The van der Waals surface area contributed by atoms with Crippen LogP contribution < -0.4 is 10.1 Å². The van der Waals surface area contributed by atoms with Crippen LogP contribution in [-0.2, 0) is 4.74 Å². The Morgan fingerprint density at radius 3 is 2.83 bits per heavy atom. The zero-order chi connectivity index (χ0) is 25.1. The number of piperidine rings is 1. The van der Waals surface area contributed by atoms with Crippen molar-refractivity contribution in [2.75, 3.05) is 33.3 Å². The van der Waals surface area contributed by atoms with Gasteiger partial charge in [-0.05, 0) is 49.4 Å². The summed E-state index contributed by atoms with van der Waals surface area (Å²) < 4.78 is 12.3. The van der Waals surface area contributed by atoms with Crippen LogP contribution in [0.15, 0.2) is 52.7 Å². The summed E-state index contributed by atoms with van der Waals surface area (Å²) in [5, 5.41) is 9.58. The van der Waals surface area contributed by atoms with Gasteiger partial charge in [0.05, 0.1) is 29.5 Å². The van der Waals surface area contributed by atoms with Gasteiger partial charge >= 0.3 is 6.03 Å². The first-order valence-corrected chi connectivity index (χ1v) is 12.7. The number of carbonyl (C=O) groups excluding carboxylic acids is 1. The number of benzene rings is 1. The van der Waals surface area contributed by atoms with E-state index < -0.39 is 0 Å². The second kappa shape index (κ2) is 10.4. The van der Waals surface area contributed by atoms with E-state index in [0.29, 0.717) is 43.1 Å². The number of pyridine rings is 1. The largest absolute Gasteiger partial charge is 0.439 e. The number of rotatable bonds is 4. The van der Waals surface area contributed by atoms with E-state index in [-0.39, 0.29) is 17.6 Å². The lowest BCUT2D eigenvalue weighted by atomic mass is 9.83. The lowest BCUT2D eigenvalue weighted by Crippen LogP contribution is -2.53. The quantitative estimate of drug-likeness (QED) is 0.646. The molecule has 1 unspecified atom stereocenters. The molecule has 1 spiro atoms. The molecular formula is C26H31ClN6O3. The first kappa shape index (κ1) is 24.5. The number of halogens is 1. The van der Waals surface area contributed by atoms with Crippen LogP contribution in [0.1, 0.15) is 44.1 Å². The molecule has 0 saturated carbocycles. The molecule has 2 aromatic rings. The fraction of sp³-hybridized carbons (Fsp3) is 0.462. The van der Waals surface area contributed by atoms with Crippen LogP contribution in [0.2, 0.25) is 5.02 Å². The van der Waals surface area contributed by atoms with E-state index in [4.69, 9.17) is 21.1 Å². The van der Waals surface area contributed by atoms with Crippen LogP contribution in [0.25, 0.3) is 0 Å². The highest BCUT2D eigenvalue weighted by Crippen LogP contribution is 2.43. The van der Waals surface area contributed by atoms with Gasteiger partial charge in [0, 0.05) is 38.3 Å². The molecule has 0 radical (unpaired) electrons. The van der Waals surface area contributed by atoms with E-state index in [9.17, 15) is 4.79 Å². The summed E-state index contributed by atoms with van der Waals surface area (Å²) in [4.78, 5) is 23.4. The third-order valence-corrected chi connectivity index (χ3v) is 7.28. The number of nitrogens with zero attached hydrogens (tertiary/aromatic N) is 5. The Morgan fingerprint density at radius 1 is 1.28 bits per heavy atom. The zero-order valence-corrected chi connectivity index (χ0v) is 21.4. The molecule has 10 heteroatoms. The van der Waals surface area contributed by atoms with Crippen LogP contribution in [-0.4, -0.2) is 71.5 Å². The van der Waals surface area contributed by atoms with Gasteiger partial charge in [-0.2, -0.15) is 5.10 Å². The summed E-state index contributed by atoms with van der Waals surface area (Å²) in [5.41, 5.74) is 1.99. The number of ether oxygens (including phenoxy) is 2. The van der Waals surface area contributed by atoms with Crippen LogP contribution in [0.3, 0.4) is 0 Å². The number of hydrazone groups is 1. The van der Waals surface area contributed by atoms with Gasteiger partial charge in [0.25, 0.3) is 0 Å². The van der Waals surface area contributed by atoms with E-state index in [1.807, 2.05) is 24.0 Å². The number of hydrogen-bond donors (Lipinski definition) is 1. The van der Waals surface area contributed by atoms with Crippen LogP contribution in [0, 0.1) is 0 Å². The number of nitrogens with one attached hydrogen (secondary N) is 1. The van der Waals surface area contributed by atoms with Crippen LogP contribution in [0.4, 0.5) is 4.79 Å². The highest BCUT2D eigenvalue weighted by molar-refractivity contribution is 6.30. The molecule has 1 atom stereocenters. The van der Waals surface area contributed by atoms with Gasteiger partial charge in [0.2, 0.25) is 11.8 Å². The van der Waals surface area contributed by atoms with Crippen molar-refractivity contribution in [3.05, 3.63) is 53.2 Å². The number of likely N-dealkylation sites (tertiary alicyclic amines) is 1. The summed E-state index contributed by atoms with van der Waals surface area (Å²) >= 11 is 5.91. The summed E-state index contributed by atoms with van der Waals surface area (Å²) in [6, 6.07) is 11.5. The second-order valence-corrected chi connectivity index (χ2v) is 9.92. The van der Waals surface area contributed by atoms with E-state index in [0.717, 1.165) is 37.1 Å². The molecule has 5 rings (SSSR count). The second-order valence-electron chi connectivity index (χ2n) is 9.48. The molecule has 3 aliphatic heterocycles. The minimum atomic E-state index is -0.199. The maximum absolute atomic E-state index is 12.8. The number of amides is 2. The summed E-state index contributed by atoms with van der Waals surface area (Å²) in [7, 11) is 1.80. The van der Waals surface area contributed by atoms with Gasteiger partial charge in [-0.25, -0.2) is 19.8 Å². The van der Waals surface area contributed by atoms with Gasteiger partial charge in [-0.15, -0.1) is 0 Å². The predicted molar refractivity (Wildman–Crippen MR) is 139 cm³/mol. The maximum atomic E-state index is 12.8. The third-order valence-electron chi connectivity index (χ3n) is 7.06. The molecule has 2 saturated heterocycles. The Balaban J connectivity index is 1.15. The lowest BCUT2D eigenvalue weighted by molar-refractivity contribution is -0.0360. The number of carbonyl (C=O) groups is 1. The fourth-order valence-electron chi connectivity index (χ4n) is 4.94. The molecule has 190 valence electrons. The predicted octanol–water partition coefficient (Wildman–Crippen LogP) is 4.64. The van der Waals surface area contributed by atoms with Crippen molar-refractivity contribution >= 4 is 29.3 Å². The van der Waals surface area contributed by atoms with E-state index in [1.165, 1.54) is 5.56 Å². The average molecular weight is 511 g/mol. The minimum absolute atomic E-state index is 0.138. The van der Waals surface area contributed by atoms with Crippen LogP contribution >= 0.6 is 11.6 Å². The SMILES string of the molecule is CCC1=NN(C)C(NC(=O)N2CCC3(CC2)CC(c2cccc(Oc4ccc(Cl)cn4)c2)CO3)=NC1. The standard InChI is InChI=1S/C26H31ClN6O3/c1-3-21-16-29-24(32(2)31-21)30-25(34)33-11-9-26(10-12-33)14-19(17-35-26)18-5-4-6-22(13-18)36-23-8-7-20(27)15-28-23/h4-8,13,15,19H,3,9-12,14,16-17H2,1-2H3,(H,29,30,34). The molecule has 1 aromatic heterocycles. The molecule has 36 heavy (non-hydrogen) atoms. The molecule has 0 aliphatic carbocycles. The molecule has 2 fully saturated rings. The Kier molecular flexibility index (Phi) is 7.11. The molecular weight excluding hydrogens is 480 g/mol. The number of hydrogen-bond acceptors (Lipinski definition) is 7. The monoisotopic (exact) mass is 510 g/mol. The average Bonchev–Trinajstić information content (AvgIpc) is 3.30. The minimum Gasteiger partial charge on any atom is -0.439 e. The van der Waals surface area contributed by atoms with E-state index in [1.54, 1.807) is 30.4 Å². The van der Waals surface area contributed by atoms with E-state index in [2.05, 4.69) is 32.5 Å². The topological polar surface area (TPSA) is 91.7 Å². The Morgan fingerprint density at radius 2 is 2.11 bits per heavy atom. The third kappa shape index (κ3) is 5.47. The van der Waals surface area contributed by atoms with Crippen molar-refractivity contribution in [3.63, 3.8) is 0 Å². The molecule has 0 bridgehead atoms. The molecule has 2 amide bonds. The Labute approximate surface area is 216 Å². The van der Waals surface area contributed by atoms with Gasteiger partial charge in [0.15, 0.2) is 0 Å². The highest BCUT2D eigenvalue weighted by atomic mass is 35.5. The molecule has 9 nitrogen and oxygen atoms in total. The van der Waals surface area contributed by atoms with Gasteiger partial charge in [0.1, 0.15) is 5.75 Å². The van der Waals surface area contributed by atoms with Gasteiger partial charge in [-0.3, -0.25) is 5.32 Å². The normalized spacial score (nSPS) is 21.2. The zero-order valence-electron chi connectivity index (χ0n) is 20.6. The summed E-state index contributed by atoms with van der Waals surface area (Å²) in [5.74, 6) is 2.01. The van der Waals surface area contributed by atoms with Crippen molar-refractivity contribution in [2.45, 2.75) is 44.1 Å². The highest BCUT2D eigenvalue weighted by Gasteiger charge is 2.44. The van der Waals surface area contributed by atoms with Crippen molar-refractivity contribution in [1.82, 2.24) is 20.2 Å². The van der Waals surface area contributed by atoms with E-state index >= 15 is 0 Å². The smallest absolute Gasteiger partial charge is 0.324 e. The van der Waals surface area contributed by atoms with Crippen molar-refractivity contribution in [3.8, 4) is 11.6 Å². The summed E-state index contributed by atoms with van der Waals surface area (Å²) in [6.45, 7) is 4.52. The fourth-order valence-corrected chi connectivity index (χ4v) is 5.05. The van der Waals surface area contributed by atoms with Crippen LogP contribution in [0.5, 0.6) is 11.6 Å². The first-order valence-electron chi connectivity index (χ1n) is 12.4. The van der Waals surface area contributed by atoms with Crippen molar-refractivity contribution in [2.24, 2.45) is 10.1 Å². The van der Waals surface area contributed by atoms with Gasteiger partial charge in [-0.1, -0.05) is 30.7 Å². The molecule has 3 aliphatic rings. The number of aliphatic imine (C=N–C) groups is 1. The number of urea groups is 1. The number of guanidine groups is 1. The Hall–Kier alpha value is -3.17.